The molecule has 0 bridgehead atoms. The monoisotopic (exact) mass is 373 g/mol. The molecule has 134 valence electrons. The van der Waals surface area contributed by atoms with Gasteiger partial charge < -0.3 is 4.74 Å². The molecule has 0 atom stereocenters. The number of methoxy groups -OCH3 is 1. The molecule has 0 radical (unpaired) electrons. The maximum atomic E-state index is 12.5. The first kappa shape index (κ1) is 18.9. The molecule has 0 fully saturated rings. The van der Waals surface area contributed by atoms with Crippen LogP contribution in [0.5, 0.6) is 0 Å². The van der Waals surface area contributed by atoms with Gasteiger partial charge in [-0.2, -0.15) is 13.2 Å². The molecule has 2 rings (SSSR count). The summed E-state index contributed by atoms with van der Waals surface area (Å²) < 4.78 is 68.6. The summed E-state index contributed by atoms with van der Waals surface area (Å²) >= 11 is 0. The lowest BCUT2D eigenvalue weighted by atomic mass is 10.1. The topological polar surface area (TPSA) is 72.5 Å². The number of hydrogen-bond acceptors (Lipinski definition) is 4. The summed E-state index contributed by atoms with van der Waals surface area (Å²) in [6.07, 6.45) is -4.45. The molecule has 5 nitrogen and oxygen atoms in total. The lowest BCUT2D eigenvalue weighted by Gasteiger charge is -2.09. The minimum atomic E-state index is -4.45. The number of halogens is 3. The van der Waals surface area contributed by atoms with Crippen LogP contribution in [0.3, 0.4) is 0 Å². The second-order valence-electron chi connectivity index (χ2n) is 5.04. The molecule has 0 spiro atoms. The molecule has 0 unspecified atom stereocenters. The second-order valence-corrected chi connectivity index (χ2v) is 6.80. The molecule has 0 amide bonds. The highest BCUT2D eigenvalue weighted by molar-refractivity contribution is 7.89. The van der Waals surface area contributed by atoms with Crippen molar-refractivity contribution in [1.29, 1.82) is 0 Å². The van der Waals surface area contributed by atoms with Crippen molar-refractivity contribution in [3.05, 3.63) is 65.2 Å². The SMILES string of the molecule is COC(=O)c1ccc(S(=O)(=O)NCc2ccc(C(F)(F)F)cc2)cc1. The third-order valence-corrected chi connectivity index (χ3v) is 4.75. The summed E-state index contributed by atoms with van der Waals surface area (Å²) in [6, 6.07) is 9.25. The van der Waals surface area contributed by atoms with Crippen molar-refractivity contribution in [2.24, 2.45) is 0 Å². The first-order valence-corrected chi connectivity index (χ1v) is 8.46. The van der Waals surface area contributed by atoms with Crippen molar-refractivity contribution in [2.45, 2.75) is 17.6 Å². The molecular weight excluding hydrogens is 359 g/mol. The molecular formula is C16H14F3NO4S. The Balaban J connectivity index is 2.07. The van der Waals surface area contributed by atoms with Gasteiger partial charge in [0.2, 0.25) is 10.0 Å². The largest absolute Gasteiger partial charge is 0.465 e. The van der Waals surface area contributed by atoms with Gasteiger partial charge in [-0.1, -0.05) is 12.1 Å². The van der Waals surface area contributed by atoms with Crippen LogP contribution >= 0.6 is 0 Å². The average Bonchev–Trinajstić information content (AvgIpc) is 2.59. The molecule has 2 aromatic rings. The van der Waals surface area contributed by atoms with Crippen molar-refractivity contribution < 1.29 is 31.1 Å². The number of ether oxygens (including phenoxy) is 1. The Bertz CT molecular complexity index is 844. The van der Waals surface area contributed by atoms with Gasteiger partial charge in [0.25, 0.3) is 0 Å². The quantitative estimate of drug-likeness (QED) is 0.818. The number of nitrogens with one attached hydrogen (secondary N) is 1. The van der Waals surface area contributed by atoms with E-state index in [0.717, 1.165) is 12.1 Å². The predicted octanol–water partition coefficient (Wildman–Crippen LogP) is 2.97. The summed E-state index contributed by atoms with van der Waals surface area (Å²) in [5.74, 6) is -0.596. The number of alkyl halides is 3. The molecule has 0 aromatic heterocycles. The lowest BCUT2D eigenvalue weighted by Crippen LogP contribution is -2.23. The fraction of sp³-hybridized carbons (Fsp3) is 0.188. The molecule has 0 saturated heterocycles. The van der Waals surface area contributed by atoms with Crippen LogP contribution < -0.4 is 4.72 Å². The number of sulfonamides is 1. The van der Waals surface area contributed by atoms with E-state index in [1.54, 1.807) is 0 Å². The van der Waals surface area contributed by atoms with Crippen molar-refractivity contribution in [3.8, 4) is 0 Å². The van der Waals surface area contributed by atoms with E-state index in [2.05, 4.69) is 9.46 Å². The Kier molecular flexibility index (Phi) is 5.48. The minimum Gasteiger partial charge on any atom is -0.465 e. The third-order valence-electron chi connectivity index (χ3n) is 3.33. The van der Waals surface area contributed by atoms with Gasteiger partial charge in [0, 0.05) is 6.54 Å². The molecule has 2 aromatic carbocycles. The Hall–Kier alpha value is -2.39. The highest BCUT2D eigenvalue weighted by Crippen LogP contribution is 2.29. The van der Waals surface area contributed by atoms with Gasteiger partial charge >= 0.3 is 12.1 Å². The van der Waals surface area contributed by atoms with Gasteiger partial charge in [0.15, 0.2) is 0 Å². The van der Waals surface area contributed by atoms with Crippen LogP contribution in [0.2, 0.25) is 0 Å². The number of rotatable bonds is 5. The van der Waals surface area contributed by atoms with E-state index in [9.17, 15) is 26.4 Å². The number of esters is 1. The van der Waals surface area contributed by atoms with Crippen molar-refractivity contribution in [3.63, 3.8) is 0 Å². The van der Waals surface area contributed by atoms with Crippen LogP contribution in [0.4, 0.5) is 13.2 Å². The summed E-state index contributed by atoms with van der Waals surface area (Å²) in [6.45, 7) is -0.167. The molecule has 0 saturated carbocycles. The van der Waals surface area contributed by atoms with Crippen LogP contribution in [0.1, 0.15) is 21.5 Å². The highest BCUT2D eigenvalue weighted by atomic mass is 32.2. The normalized spacial score (nSPS) is 12.0. The summed E-state index contributed by atoms with van der Waals surface area (Å²) in [4.78, 5) is 11.2. The maximum Gasteiger partial charge on any atom is 0.416 e. The number of hydrogen-bond donors (Lipinski definition) is 1. The van der Waals surface area contributed by atoms with Gasteiger partial charge in [-0.15, -0.1) is 0 Å². The predicted molar refractivity (Wildman–Crippen MR) is 83.3 cm³/mol. The smallest absolute Gasteiger partial charge is 0.416 e. The van der Waals surface area contributed by atoms with Gasteiger partial charge in [0.05, 0.1) is 23.1 Å². The summed E-state index contributed by atoms with van der Waals surface area (Å²) in [7, 11) is -2.66. The van der Waals surface area contributed by atoms with E-state index in [4.69, 9.17) is 0 Å². The van der Waals surface area contributed by atoms with E-state index in [-0.39, 0.29) is 17.0 Å². The zero-order valence-corrected chi connectivity index (χ0v) is 13.8. The van der Waals surface area contributed by atoms with Crippen LogP contribution in [0, 0.1) is 0 Å². The molecule has 1 N–H and O–H groups in total. The Morgan fingerprint density at radius 3 is 2.08 bits per heavy atom. The number of carbonyl (C=O) groups excluding carboxylic acids is 1. The fourth-order valence-electron chi connectivity index (χ4n) is 1.96. The number of benzene rings is 2. The van der Waals surface area contributed by atoms with Gasteiger partial charge in [0.1, 0.15) is 0 Å². The first-order valence-electron chi connectivity index (χ1n) is 6.97. The van der Waals surface area contributed by atoms with Gasteiger partial charge in [-0.05, 0) is 42.0 Å². The van der Waals surface area contributed by atoms with E-state index < -0.39 is 27.7 Å². The summed E-state index contributed by atoms with van der Waals surface area (Å²) in [5.41, 5.74) is -0.232. The molecule has 9 heteroatoms. The van der Waals surface area contributed by atoms with E-state index >= 15 is 0 Å². The first-order chi connectivity index (χ1) is 11.6. The fourth-order valence-corrected chi connectivity index (χ4v) is 2.98. The highest BCUT2D eigenvalue weighted by Gasteiger charge is 2.29. The minimum absolute atomic E-state index is 0.0768. The van der Waals surface area contributed by atoms with Crippen molar-refractivity contribution >= 4 is 16.0 Å². The molecule has 0 aliphatic rings. The van der Waals surface area contributed by atoms with E-state index in [1.165, 1.54) is 43.5 Å². The van der Waals surface area contributed by atoms with E-state index in [1.807, 2.05) is 0 Å². The molecule has 0 aliphatic carbocycles. The van der Waals surface area contributed by atoms with Crippen molar-refractivity contribution in [1.82, 2.24) is 4.72 Å². The van der Waals surface area contributed by atoms with Crippen LogP contribution in [0.25, 0.3) is 0 Å². The zero-order chi connectivity index (χ0) is 18.7. The van der Waals surface area contributed by atoms with Crippen LogP contribution in [-0.4, -0.2) is 21.5 Å². The van der Waals surface area contributed by atoms with Gasteiger partial charge in [-0.3, -0.25) is 0 Å². The molecule has 0 aliphatic heterocycles. The van der Waals surface area contributed by atoms with Crippen molar-refractivity contribution in [2.75, 3.05) is 7.11 Å². The number of carbonyl (C=O) groups is 1. The Labute approximate surface area is 142 Å². The second kappa shape index (κ2) is 7.24. The Morgan fingerprint density at radius 2 is 1.60 bits per heavy atom. The standard InChI is InChI=1S/C16H14F3NO4S/c1-24-15(21)12-4-8-14(9-5-12)25(22,23)20-10-11-2-6-13(7-3-11)16(17,18)19/h2-9,20H,10H2,1H3. The lowest BCUT2D eigenvalue weighted by molar-refractivity contribution is -0.137. The molecule has 25 heavy (non-hydrogen) atoms. The third kappa shape index (κ3) is 4.80. The van der Waals surface area contributed by atoms with E-state index in [0.29, 0.717) is 5.56 Å². The van der Waals surface area contributed by atoms with Crippen LogP contribution in [-0.2, 0) is 27.5 Å². The van der Waals surface area contributed by atoms with Crippen LogP contribution in [0.15, 0.2) is 53.4 Å². The summed E-state index contributed by atoms with van der Waals surface area (Å²) in [5, 5.41) is 0. The average molecular weight is 373 g/mol. The molecule has 0 heterocycles. The maximum absolute atomic E-state index is 12.5. The Morgan fingerprint density at radius 1 is 1.04 bits per heavy atom. The van der Waals surface area contributed by atoms with Gasteiger partial charge in [-0.25, -0.2) is 17.9 Å². The zero-order valence-electron chi connectivity index (χ0n) is 13.0.